The molecule has 0 aromatic carbocycles. The molecule has 1 atom stereocenters. The highest BCUT2D eigenvalue weighted by molar-refractivity contribution is 9.10. The second-order valence-electron chi connectivity index (χ2n) is 4.03. The van der Waals surface area contributed by atoms with Gasteiger partial charge in [0, 0.05) is 23.8 Å². The van der Waals surface area contributed by atoms with Gasteiger partial charge in [0.15, 0.2) is 0 Å². The number of anilines is 1. The highest BCUT2D eigenvalue weighted by Gasteiger charge is 2.14. The van der Waals surface area contributed by atoms with E-state index in [9.17, 15) is 0 Å². The molecule has 5 heteroatoms. The summed E-state index contributed by atoms with van der Waals surface area (Å²) in [6.45, 7) is 1.55. The number of halogens is 1. The Morgan fingerprint density at radius 3 is 3.18 bits per heavy atom. The average molecular weight is 296 g/mol. The number of pyridine rings is 1. The highest BCUT2D eigenvalue weighted by atomic mass is 79.9. The van der Waals surface area contributed by atoms with Gasteiger partial charge in [0.05, 0.1) is 11.7 Å². The topological polar surface area (TPSA) is 57.9 Å². The SMILES string of the molecule is N#Cc1cc(Br)cnc1NC[C@H]1CCCCO1. The van der Waals surface area contributed by atoms with Gasteiger partial charge in [-0.15, -0.1) is 0 Å². The summed E-state index contributed by atoms with van der Waals surface area (Å²) in [6.07, 6.45) is 5.36. The van der Waals surface area contributed by atoms with Crippen LogP contribution in [0.4, 0.5) is 5.82 Å². The minimum absolute atomic E-state index is 0.237. The Bertz CT molecular complexity index is 424. The van der Waals surface area contributed by atoms with Crippen molar-refractivity contribution in [2.45, 2.75) is 25.4 Å². The molecule has 1 aliphatic rings. The van der Waals surface area contributed by atoms with E-state index < -0.39 is 0 Å². The molecule has 0 spiro atoms. The number of hydrogen-bond acceptors (Lipinski definition) is 4. The van der Waals surface area contributed by atoms with Gasteiger partial charge in [0.1, 0.15) is 11.9 Å². The number of hydrogen-bond donors (Lipinski definition) is 1. The normalized spacial score (nSPS) is 19.6. The average Bonchev–Trinajstić information content (AvgIpc) is 2.38. The maximum atomic E-state index is 9.00. The second kappa shape index (κ2) is 5.99. The lowest BCUT2D eigenvalue weighted by Gasteiger charge is -2.23. The summed E-state index contributed by atoms with van der Waals surface area (Å²) in [7, 11) is 0. The van der Waals surface area contributed by atoms with Crippen molar-refractivity contribution >= 4 is 21.7 Å². The first-order valence-electron chi connectivity index (χ1n) is 5.70. The van der Waals surface area contributed by atoms with Crippen molar-refractivity contribution in [1.29, 1.82) is 5.26 Å². The molecule has 2 heterocycles. The summed E-state index contributed by atoms with van der Waals surface area (Å²) in [5.74, 6) is 0.630. The van der Waals surface area contributed by atoms with Crippen molar-refractivity contribution in [3.63, 3.8) is 0 Å². The summed E-state index contributed by atoms with van der Waals surface area (Å²) in [5, 5.41) is 12.2. The van der Waals surface area contributed by atoms with E-state index in [-0.39, 0.29) is 6.10 Å². The summed E-state index contributed by atoms with van der Waals surface area (Å²) in [4.78, 5) is 4.20. The molecule has 1 saturated heterocycles. The summed E-state index contributed by atoms with van der Waals surface area (Å²) in [6, 6.07) is 3.89. The number of rotatable bonds is 3. The quantitative estimate of drug-likeness (QED) is 0.931. The second-order valence-corrected chi connectivity index (χ2v) is 4.95. The van der Waals surface area contributed by atoms with Gasteiger partial charge in [-0.25, -0.2) is 4.98 Å². The van der Waals surface area contributed by atoms with Gasteiger partial charge in [-0.1, -0.05) is 0 Å². The van der Waals surface area contributed by atoms with E-state index in [0.29, 0.717) is 17.9 Å². The van der Waals surface area contributed by atoms with Crippen LogP contribution in [0.2, 0.25) is 0 Å². The fourth-order valence-corrected chi connectivity index (χ4v) is 2.18. The number of nitrogens with one attached hydrogen (secondary N) is 1. The number of nitriles is 1. The van der Waals surface area contributed by atoms with Crippen LogP contribution in [0.15, 0.2) is 16.7 Å². The van der Waals surface area contributed by atoms with Gasteiger partial charge in [-0.2, -0.15) is 5.26 Å². The van der Waals surface area contributed by atoms with Crippen LogP contribution in [-0.4, -0.2) is 24.2 Å². The first-order valence-corrected chi connectivity index (χ1v) is 6.50. The Morgan fingerprint density at radius 2 is 2.47 bits per heavy atom. The van der Waals surface area contributed by atoms with E-state index in [1.807, 2.05) is 0 Å². The molecule has 1 aromatic rings. The number of nitrogens with zero attached hydrogens (tertiary/aromatic N) is 2. The highest BCUT2D eigenvalue weighted by Crippen LogP contribution is 2.18. The molecule has 1 aliphatic heterocycles. The van der Waals surface area contributed by atoms with Gasteiger partial charge in [-0.05, 0) is 41.3 Å². The van der Waals surface area contributed by atoms with Crippen LogP contribution in [0.5, 0.6) is 0 Å². The molecule has 1 aromatic heterocycles. The van der Waals surface area contributed by atoms with Crippen LogP contribution in [0.1, 0.15) is 24.8 Å². The predicted molar refractivity (Wildman–Crippen MR) is 68.7 cm³/mol. The molecule has 4 nitrogen and oxygen atoms in total. The molecule has 0 saturated carbocycles. The first-order chi connectivity index (χ1) is 8.29. The van der Waals surface area contributed by atoms with Gasteiger partial charge in [-0.3, -0.25) is 0 Å². The third-order valence-electron chi connectivity index (χ3n) is 2.75. The minimum atomic E-state index is 0.237. The van der Waals surface area contributed by atoms with Crippen LogP contribution < -0.4 is 5.32 Å². The van der Waals surface area contributed by atoms with Crippen LogP contribution in [0.3, 0.4) is 0 Å². The van der Waals surface area contributed by atoms with E-state index >= 15 is 0 Å². The lowest BCUT2D eigenvalue weighted by atomic mass is 10.1. The van der Waals surface area contributed by atoms with Gasteiger partial charge < -0.3 is 10.1 Å². The molecule has 17 heavy (non-hydrogen) atoms. The smallest absolute Gasteiger partial charge is 0.144 e. The van der Waals surface area contributed by atoms with Crippen LogP contribution in [0.25, 0.3) is 0 Å². The molecule has 90 valence electrons. The molecule has 0 amide bonds. The summed E-state index contributed by atoms with van der Waals surface area (Å²) >= 11 is 3.30. The Labute approximate surface area is 109 Å². The maximum Gasteiger partial charge on any atom is 0.144 e. The fraction of sp³-hybridized carbons (Fsp3) is 0.500. The number of aromatic nitrogens is 1. The largest absolute Gasteiger partial charge is 0.376 e. The number of ether oxygens (including phenoxy) is 1. The Kier molecular flexibility index (Phi) is 4.35. The molecular weight excluding hydrogens is 282 g/mol. The van der Waals surface area contributed by atoms with Crippen LogP contribution in [-0.2, 0) is 4.74 Å². The van der Waals surface area contributed by atoms with Crippen LogP contribution >= 0.6 is 15.9 Å². The first kappa shape index (κ1) is 12.3. The molecule has 0 bridgehead atoms. The van der Waals surface area contributed by atoms with Gasteiger partial charge in [0.25, 0.3) is 0 Å². The molecular formula is C12H14BrN3O. The van der Waals surface area contributed by atoms with Crippen molar-refractivity contribution in [3.8, 4) is 6.07 Å². The van der Waals surface area contributed by atoms with Crippen molar-refractivity contribution < 1.29 is 4.74 Å². The lowest BCUT2D eigenvalue weighted by molar-refractivity contribution is 0.0247. The van der Waals surface area contributed by atoms with Crippen molar-refractivity contribution in [1.82, 2.24) is 4.98 Å². The van der Waals surface area contributed by atoms with E-state index in [2.05, 4.69) is 32.3 Å². The van der Waals surface area contributed by atoms with Crippen molar-refractivity contribution in [3.05, 3.63) is 22.3 Å². The van der Waals surface area contributed by atoms with Gasteiger partial charge >= 0.3 is 0 Å². The van der Waals surface area contributed by atoms with E-state index in [0.717, 1.165) is 23.9 Å². The zero-order valence-electron chi connectivity index (χ0n) is 9.45. The fourth-order valence-electron chi connectivity index (χ4n) is 1.84. The van der Waals surface area contributed by atoms with Crippen molar-refractivity contribution in [2.24, 2.45) is 0 Å². The van der Waals surface area contributed by atoms with E-state index in [4.69, 9.17) is 10.00 Å². The molecule has 2 rings (SSSR count). The molecule has 1 fully saturated rings. The van der Waals surface area contributed by atoms with Crippen molar-refractivity contribution in [2.75, 3.05) is 18.5 Å². The lowest BCUT2D eigenvalue weighted by Crippen LogP contribution is -2.27. The van der Waals surface area contributed by atoms with Gasteiger partial charge in [0.2, 0.25) is 0 Å². The van der Waals surface area contributed by atoms with E-state index in [1.54, 1.807) is 12.3 Å². The summed E-state index contributed by atoms with van der Waals surface area (Å²) < 4.78 is 6.43. The maximum absolute atomic E-state index is 9.00. The standard InChI is InChI=1S/C12H14BrN3O/c13-10-5-9(6-14)12(15-7-10)16-8-11-3-1-2-4-17-11/h5,7,11H,1-4,8H2,(H,15,16)/t11-/m1/s1. The van der Waals surface area contributed by atoms with Crippen LogP contribution in [0, 0.1) is 11.3 Å². The molecule has 0 aliphatic carbocycles. The molecule has 0 unspecified atom stereocenters. The predicted octanol–water partition coefficient (Wildman–Crippen LogP) is 2.70. The zero-order valence-corrected chi connectivity index (χ0v) is 11.0. The third kappa shape index (κ3) is 3.42. The Balaban J connectivity index is 1.96. The van der Waals surface area contributed by atoms with E-state index in [1.165, 1.54) is 6.42 Å². The Morgan fingerprint density at radius 1 is 1.59 bits per heavy atom. The minimum Gasteiger partial charge on any atom is -0.376 e. The molecule has 1 N–H and O–H groups in total. The third-order valence-corrected chi connectivity index (χ3v) is 3.18. The monoisotopic (exact) mass is 295 g/mol. The zero-order chi connectivity index (χ0) is 12.1. The molecule has 0 radical (unpaired) electrons. The Hall–Kier alpha value is -1.12. The summed E-state index contributed by atoms with van der Waals surface area (Å²) in [5.41, 5.74) is 0.551.